The fourth-order valence-electron chi connectivity index (χ4n) is 3.11. The van der Waals surface area contributed by atoms with Crippen LogP contribution in [0, 0.1) is 0 Å². The van der Waals surface area contributed by atoms with Gasteiger partial charge in [-0.05, 0) is 44.5 Å². The van der Waals surface area contributed by atoms with Gasteiger partial charge in [-0.15, -0.1) is 5.10 Å². The van der Waals surface area contributed by atoms with Gasteiger partial charge in [0.25, 0.3) is 0 Å². The maximum Gasteiger partial charge on any atom is 0.231 e. The van der Waals surface area contributed by atoms with E-state index in [4.69, 9.17) is 15.1 Å². The maximum atomic E-state index is 11.0. The molecule has 0 saturated carbocycles. The standard InChI is InChI=1S/C16H23N5O2/c1-2-7-21-16(18-15(19-21)13-4-3-10-23-13)12-5-8-20(9-6-12)11-14(17)22/h3-4,10,12H,2,5-9,11H2,1H3,(H2,17,22). The second-order valence-electron chi connectivity index (χ2n) is 6.01. The molecule has 0 bridgehead atoms. The molecule has 23 heavy (non-hydrogen) atoms. The molecule has 0 atom stereocenters. The Morgan fingerprint density at radius 3 is 2.83 bits per heavy atom. The number of nitrogens with two attached hydrogens (primary N) is 1. The molecule has 3 heterocycles. The highest BCUT2D eigenvalue weighted by molar-refractivity contribution is 5.75. The average Bonchev–Trinajstić information content (AvgIpc) is 3.17. The van der Waals surface area contributed by atoms with Crippen LogP contribution in [0.3, 0.4) is 0 Å². The number of primary amides is 1. The first-order valence-electron chi connectivity index (χ1n) is 8.16. The summed E-state index contributed by atoms with van der Waals surface area (Å²) in [4.78, 5) is 17.9. The normalized spacial score (nSPS) is 16.7. The van der Waals surface area contributed by atoms with Crippen LogP contribution in [0.1, 0.15) is 37.9 Å². The number of aryl methyl sites for hydroxylation is 1. The molecule has 7 nitrogen and oxygen atoms in total. The summed E-state index contributed by atoms with van der Waals surface area (Å²) in [7, 11) is 0. The van der Waals surface area contributed by atoms with Crippen LogP contribution in [0.2, 0.25) is 0 Å². The number of aromatic nitrogens is 3. The molecule has 1 saturated heterocycles. The molecule has 1 fully saturated rings. The fourth-order valence-corrected chi connectivity index (χ4v) is 3.11. The molecule has 124 valence electrons. The first-order valence-corrected chi connectivity index (χ1v) is 8.16. The van der Waals surface area contributed by atoms with E-state index in [1.165, 1.54) is 0 Å². The Morgan fingerprint density at radius 2 is 2.22 bits per heavy atom. The molecule has 0 radical (unpaired) electrons. The molecule has 0 spiro atoms. The van der Waals surface area contributed by atoms with Crippen molar-refractivity contribution in [3.63, 3.8) is 0 Å². The summed E-state index contributed by atoms with van der Waals surface area (Å²) in [6.07, 6.45) is 4.58. The van der Waals surface area contributed by atoms with Crippen LogP contribution in [0.4, 0.5) is 0 Å². The van der Waals surface area contributed by atoms with E-state index >= 15 is 0 Å². The van der Waals surface area contributed by atoms with Crippen molar-refractivity contribution < 1.29 is 9.21 Å². The molecule has 0 aromatic carbocycles. The van der Waals surface area contributed by atoms with Gasteiger partial charge in [-0.1, -0.05) is 6.92 Å². The molecule has 0 unspecified atom stereocenters. The lowest BCUT2D eigenvalue weighted by Crippen LogP contribution is -2.39. The van der Waals surface area contributed by atoms with Gasteiger partial charge in [-0.3, -0.25) is 9.69 Å². The second kappa shape index (κ2) is 6.95. The number of hydrogen-bond acceptors (Lipinski definition) is 5. The molecule has 2 aromatic heterocycles. The minimum Gasteiger partial charge on any atom is -0.461 e. The van der Waals surface area contributed by atoms with E-state index in [1.807, 2.05) is 16.8 Å². The molecule has 2 aromatic rings. The Morgan fingerprint density at radius 1 is 1.43 bits per heavy atom. The molecule has 7 heteroatoms. The monoisotopic (exact) mass is 317 g/mol. The Hall–Kier alpha value is -2.15. The van der Waals surface area contributed by atoms with Crippen LogP contribution < -0.4 is 5.73 Å². The summed E-state index contributed by atoms with van der Waals surface area (Å²) in [5.74, 6) is 2.47. The topological polar surface area (TPSA) is 90.2 Å². The minimum absolute atomic E-state index is 0.266. The Bertz CT molecular complexity index is 641. The Labute approximate surface area is 135 Å². The van der Waals surface area contributed by atoms with E-state index < -0.39 is 0 Å². The fraction of sp³-hybridized carbons (Fsp3) is 0.562. The smallest absolute Gasteiger partial charge is 0.231 e. The van der Waals surface area contributed by atoms with E-state index in [-0.39, 0.29) is 5.91 Å². The number of nitrogens with zero attached hydrogens (tertiary/aromatic N) is 4. The van der Waals surface area contributed by atoms with Gasteiger partial charge in [0.1, 0.15) is 5.82 Å². The zero-order chi connectivity index (χ0) is 16.2. The molecule has 1 aliphatic heterocycles. The van der Waals surface area contributed by atoms with Crippen molar-refractivity contribution >= 4 is 5.91 Å². The number of hydrogen-bond donors (Lipinski definition) is 1. The molecule has 1 amide bonds. The van der Waals surface area contributed by atoms with Gasteiger partial charge in [0.2, 0.25) is 11.7 Å². The van der Waals surface area contributed by atoms with E-state index in [9.17, 15) is 4.79 Å². The van der Waals surface area contributed by atoms with Crippen molar-refractivity contribution in [2.24, 2.45) is 5.73 Å². The van der Waals surface area contributed by atoms with Crippen molar-refractivity contribution in [1.82, 2.24) is 19.7 Å². The summed E-state index contributed by atoms with van der Waals surface area (Å²) < 4.78 is 7.42. The van der Waals surface area contributed by atoms with E-state index in [1.54, 1.807) is 6.26 Å². The van der Waals surface area contributed by atoms with Gasteiger partial charge in [0.15, 0.2) is 5.76 Å². The molecular formula is C16H23N5O2. The van der Waals surface area contributed by atoms with Crippen molar-refractivity contribution in [2.75, 3.05) is 19.6 Å². The van der Waals surface area contributed by atoms with Crippen LogP contribution in [0.5, 0.6) is 0 Å². The third-order valence-corrected chi connectivity index (χ3v) is 4.21. The van der Waals surface area contributed by atoms with Crippen LogP contribution in [-0.2, 0) is 11.3 Å². The van der Waals surface area contributed by atoms with Crippen LogP contribution in [0.15, 0.2) is 22.8 Å². The van der Waals surface area contributed by atoms with Crippen LogP contribution >= 0.6 is 0 Å². The predicted octanol–water partition coefficient (Wildman–Crippen LogP) is 1.61. The van der Waals surface area contributed by atoms with E-state index in [0.29, 0.717) is 24.0 Å². The molecule has 3 rings (SSSR count). The van der Waals surface area contributed by atoms with Crippen molar-refractivity contribution in [2.45, 2.75) is 38.6 Å². The zero-order valence-electron chi connectivity index (χ0n) is 13.4. The number of carbonyl (C=O) groups excluding carboxylic acids is 1. The first kappa shape index (κ1) is 15.7. The summed E-state index contributed by atoms with van der Waals surface area (Å²) in [5, 5.41) is 4.61. The number of likely N-dealkylation sites (tertiary alicyclic amines) is 1. The number of amides is 1. The number of piperidine rings is 1. The molecular weight excluding hydrogens is 294 g/mol. The second-order valence-corrected chi connectivity index (χ2v) is 6.01. The third-order valence-electron chi connectivity index (χ3n) is 4.21. The van der Waals surface area contributed by atoms with Crippen LogP contribution in [-0.4, -0.2) is 45.2 Å². The summed E-state index contributed by atoms with van der Waals surface area (Å²) in [6, 6.07) is 3.72. The number of rotatable bonds is 6. The maximum absolute atomic E-state index is 11.0. The first-order chi connectivity index (χ1) is 11.2. The van der Waals surface area contributed by atoms with Crippen molar-refractivity contribution in [3.05, 3.63) is 24.2 Å². The van der Waals surface area contributed by atoms with Gasteiger partial charge in [-0.2, -0.15) is 0 Å². The highest BCUT2D eigenvalue weighted by Crippen LogP contribution is 2.28. The predicted molar refractivity (Wildman–Crippen MR) is 85.6 cm³/mol. The highest BCUT2D eigenvalue weighted by Gasteiger charge is 2.26. The lowest BCUT2D eigenvalue weighted by Gasteiger charge is -2.30. The lowest BCUT2D eigenvalue weighted by molar-refractivity contribution is -0.119. The average molecular weight is 317 g/mol. The zero-order valence-corrected chi connectivity index (χ0v) is 13.4. The minimum atomic E-state index is -0.266. The number of furan rings is 1. The Kier molecular flexibility index (Phi) is 4.76. The largest absolute Gasteiger partial charge is 0.461 e. The van der Waals surface area contributed by atoms with Gasteiger partial charge >= 0.3 is 0 Å². The summed E-state index contributed by atoms with van der Waals surface area (Å²) in [6.45, 7) is 5.05. The quantitative estimate of drug-likeness (QED) is 0.874. The van der Waals surface area contributed by atoms with E-state index in [0.717, 1.165) is 44.7 Å². The summed E-state index contributed by atoms with van der Waals surface area (Å²) in [5.41, 5.74) is 5.27. The lowest BCUT2D eigenvalue weighted by atomic mass is 9.96. The Balaban J connectivity index is 1.75. The number of carbonyl (C=O) groups is 1. The van der Waals surface area contributed by atoms with Gasteiger partial charge < -0.3 is 10.2 Å². The van der Waals surface area contributed by atoms with Gasteiger partial charge in [0.05, 0.1) is 12.8 Å². The van der Waals surface area contributed by atoms with Crippen molar-refractivity contribution in [1.29, 1.82) is 0 Å². The summed E-state index contributed by atoms with van der Waals surface area (Å²) >= 11 is 0. The molecule has 0 aliphatic carbocycles. The molecule has 2 N–H and O–H groups in total. The van der Waals surface area contributed by atoms with Crippen molar-refractivity contribution in [3.8, 4) is 11.6 Å². The molecule has 1 aliphatic rings. The van der Waals surface area contributed by atoms with Gasteiger partial charge in [-0.25, -0.2) is 9.67 Å². The van der Waals surface area contributed by atoms with Gasteiger partial charge in [0, 0.05) is 12.5 Å². The van der Waals surface area contributed by atoms with E-state index in [2.05, 4.69) is 16.9 Å². The van der Waals surface area contributed by atoms with Crippen LogP contribution in [0.25, 0.3) is 11.6 Å². The highest BCUT2D eigenvalue weighted by atomic mass is 16.3. The SMILES string of the molecule is CCCn1nc(-c2ccco2)nc1C1CCN(CC(N)=O)CC1. The third kappa shape index (κ3) is 3.61.